The standard InChI is InChI=1S/C27H26Cl2N2O4/c1-26(2,3)14-27(4,5)35-25(34)31-22(16-8-12-18(29)13-9-16)20-19(24(31)33)21(30-23(20)32)15-6-10-17(28)11-7-15/h6-13H,14H2,1-5H3,(H,30,32). The molecule has 2 aromatic rings. The number of hydrogen-bond acceptors (Lipinski definition) is 4. The summed E-state index contributed by atoms with van der Waals surface area (Å²) < 4.78 is 5.84. The minimum absolute atomic E-state index is 0.114. The summed E-state index contributed by atoms with van der Waals surface area (Å²) in [5, 5.41) is 3.79. The molecule has 8 heteroatoms. The molecule has 4 rings (SSSR count). The Bertz CT molecular complexity index is 1280. The van der Waals surface area contributed by atoms with Gasteiger partial charge in [-0.3, -0.25) is 9.59 Å². The summed E-state index contributed by atoms with van der Waals surface area (Å²) in [5.74, 6) is -1.11. The molecular formula is C27H26Cl2N2O4. The van der Waals surface area contributed by atoms with Crippen LogP contribution in [0.3, 0.4) is 0 Å². The van der Waals surface area contributed by atoms with Crippen molar-refractivity contribution in [2.24, 2.45) is 5.41 Å². The fourth-order valence-electron chi connectivity index (χ4n) is 4.73. The predicted octanol–water partition coefficient (Wildman–Crippen LogP) is 6.44. The lowest BCUT2D eigenvalue weighted by atomic mass is 9.84. The normalized spacial score (nSPS) is 16.1. The van der Waals surface area contributed by atoms with E-state index in [1.165, 1.54) is 0 Å². The number of rotatable bonds is 4. The van der Waals surface area contributed by atoms with Crippen molar-refractivity contribution in [3.8, 4) is 0 Å². The van der Waals surface area contributed by atoms with Crippen molar-refractivity contribution in [2.45, 2.75) is 46.6 Å². The Hall–Kier alpha value is -3.09. The zero-order valence-electron chi connectivity index (χ0n) is 20.2. The number of hydrogen-bond donors (Lipinski definition) is 1. The molecule has 0 aromatic heterocycles. The Balaban J connectivity index is 1.85. The molecule has 182 valence electrons. The topological polar surface area (TPSA) is 75.7 Å². The second-order valence-corrected chi connectivity index (χ2v) is 11.3. The predicted molar refractivity (Wildman–Crippen MR) is 136 cm³/mol. The van der Waals surface area contributed by atoms with Gasteiger partial charge >= 0.3 is 6.09 Å². The summed E-state index contributed by atoms with van der Waals surface area (Å²) in [4.78, 5) is 41.3. The number of halogens is 2. The van der Waals surface area contributed by atoms with Gasteiger partial charge in [-0.2, -0.15) is 0 Å². The van der Waals surface area contributed by atoms with Gasteiger partial charge in [-0.1, -0.05) is 68.2 Å². The van der Waals surface area contributed by atoms with Crippen LogP contribution >= 0.6 is 23.2 Å². The Morgan fingerprint density at radius 2 is 1.37 bits per heavy atom. The van der Waals surface area contributed by atoms with Gasteiger partial charge in [-0.25, -0.2) is 9.69 Å². The van der Waals surface area contributed by atoms with Crippen LogP contribution in [-0.4, -0.2) is 28.4 Å². The number of ether oxygens (including phenoxy) is 1. The van der Waals surface area contributed by atoms with E-state index >= 15 is 0 Å². The summed E-state index contributed by atoms with van der Waals surface area (Å²) >= 11 is 12.1. The van der Waals surface area contributed by atoms with Gasteiger partial charge in [0.25, 0.3) is 11.8 Å². The van der Waals surface area contributed by atoms with Crippen LogP contribution in [0.15, 0.2) is 59.7 Å². The van der Waals surface area contributed by atoms with Gasteiger partial charge in [0.2, 0.25) is 0 Å². The van der Waals surface area contributed by atoms with Crippen LogP contribution in [0.4, 0.5) is 4.79 Å². The van der Waals surface area contributed by atoms with Crippen LogP contribution in [-0.2, 0) is 14.3 Å². The van der Waals surface area contributed by atoms with Gasteiger partial charge in [0.05, 0.1) is 22.5 Å². The monoisotopic (exact) mass is 512 g/mol. The minimum Gasteiger partial charge on any atom is -0.443 e. The molecule has 35 heavy (non-hydrogen) atoms. The summed E-state index contributed by atoms with van der Waals surface area (Å²) in [7, 11) is 0. The lowest BCUT2D eigenvalue weighted by Crippen LogP contribution is -2.40. The number of benzene rings is 2. The molecule has 0 saturated carbocycles. The van der Waals surface area contributed by atoms with Crippen molar-refractivity contribution in [3.05, 3.63) is 80.8 Å². The average molecular weight is 513 g/mol. The van der Waals surface area contributed by atoms with Gasteiger partial charge < -0.3 is 10.1 Å². The Morgan fingerprint density at radius 1 is 0.857 bits per heavy atom. The van der Waals surface area contributed by atoms with E-state index in [4.69, 9.17) is 27.9 Å². The van der Waals surface area contributed by atoms with Crippen molar-refractivity contribution in [1.82, 2.24) is 10.2 Å². The largest absolute Gasteiger partial charge is 0.443 e. The van der Waals surface area contributed by atoms with Crippen LogP contribution in [0.2, 0.25) is 10.0 Å². The molecule has 2 aliphatic heterocycles. The molecule has 2 heterocycles. The molecule has 0 atom stereocenters. The van der Waals surface area contributed by atoms with Crippen LogP contribution in [0, 0.1) is 5.41 Å². The van der Waals surface area contributed by atoms with E-state index in [1.54, 1.807) is 62.4 Å². The second kappa shape index (κ2) is 8.85. The molecule has 0 saturated heterocycles. The first-order valence-corrected chi connectivity index (χ1v) is 11.9. The van der Waals surface area contributed by atoms with Crippen LogP contribution in [0.25, 0.3) is 11.4 Å². The van der Waals surface area contributed by atoms with Crippen molar-refractivity contribution in [3.63, 3.8) is 0 Å². The van der Waals surface area contributed by atoms with E-state index in [9.17, 15) is 14.4 Å². The highest BCUT2D eigenvalue weighted by atomic mass is 35.5. The number of carbonyl (C=O) groups is 3. The van der Waals surface area contributed by atoms with E-state index in [0.717, 1.165) is 4.90 Å². The van der Waals surface area contributed by atoms with Crippen molar-refractivity contribution in [2.75, 3.05) is 0 Å². The molecule has 1 N–H and O–H groups in total. The van der Waals surface area contributed by atoms with Crippen molar-refractivity contribution >= 4 is 52.5 Å². The van der Waals surface area contributed by atoms with Crippen LogP contribution < -0.4 is 5.32 Å². The highest BCUT2D eigenvalue weighted by Crippen LogP contribution is 2.43. The van der Waals surface area contributed by atoms with Crippen molar-refractivity contribution < 1.29 is 19.1 Å². The zero-order valence-corrected chi connectivity index (χ0v) is 21.7. The maximum absolute atomic E-state index is 13.7. The molecule has 3 amide bonds. The molecule has 0 bridgehead atoms. The number of amides is 3. The van der Waals surface area contributed by atoms with Crippen LogP contribution in [0.1, 0.15) is 52.2 Å². The van der Waals surface area contributed by atoms with Gasteiger partial charge in [-0.15, -0.1) is 0 Å². The first-order valence-electron chi connectivity index (χ1n) is 11.2. The van der Waals surface area contributed by atoms with E-state index < -0.39 is 23.5 Å². The summed E-state index contributed by atoms with van der Waals surface area (Å²) in [6.45, 7) is 9.74. The Morgan fingerprint density at radius 3 is 1.89 bits per heavy atom. The molecular weight excluding hydrogens is 487 g/mol. The van der Waals surface area contributed by atoms with E-state index in [0.29, 0.717) is 33.3 Å². The molecule has 6 nitrogen and oxygen atoms in total. The summed E-state index contributed by atoms with van der Waals surface area (Å²) in [6, 6.07) is 13.3. The molecule has 0 aliphatic carbocycles. The van der Waals surface area contributed by atoms with E-state index in [1.807, 2.05) is 20.8 Å². The average Bonchev–Trinajstić information content (AvgIpc) is 3.22. The fraction of sp³-hybridized carbons (Fsp3) is 0.296. The first kappa shape index (κ1) is 25.0. The number of nitrogens with zero attached hydrogens (tertiary/aromatic N) is 1. The highest BCUT2D eigenvalue weighted by molar-refractivity contribution is 6.34. The summed E-state index contributed by atoms with van der Waals surface area (Å²) in [5.41, 5.74) is 0.851. The Labute approximate surface area is 214 Å². The lowest BCUT2D eigenvalue weighted by molar-refractivity contribution is -0.123. The van der Waals surface area contributed by atoms with Crippen molar-refractivity contribution in [1.29, 1.82) is 0 Å². The third kappa shape index (κ3) is 5.00. The highest BCUT2D eigenvalue weighted by Gasteiger charge is 2.49. The maximum atomic E-state index is 13.7. The third-order valence-electron chi connectivity index (χ3n) is 5.60. The fourth-order valence-corrected chi connectivity index (χ4v) is 4.98. The number of nitrogens with one attached hydrogen (secondary N) is 1. The zero-order chi connectivity index (χ0) is 25.7. The van der Waals surface area contributed by atoms with Gasteiger partial charge in [0.1, 0.15) is 5.60 Å². The quantitative estimate of drug-likeness (QED) is 0.511. The molecule has 2 aliphatic rings. The number of imide groups is 1. The van der Waals surface area contributed by atoms with Gasteiger partial charge in [-0.05, 0) is 61.1 Å². The summed E-state index contributed by atoms with van der Waals surface area (Å²) in [6.07, 6.45) is -0.272. The number of carbonyl (C=O) groups excluding carboxylic acids is 3. The SMILES string of the molecule is CC(C)(C)CC(C)(C)OC(=O)N1C(=O)C2=C(c3ccc(Cl)cc3)NC(=O)C2=C1c1ccc(Cl)cc1. The van der Waals surface area contributed by atoms with Gasteiger partial charge in [0, 0.05) is 10.0 Å². The molecule has 0 fully saturated rings. The molecule has 2 aromatic carbocycles. The smallest absolute Gasteiger partial charge is 0.422 e. The third-order valence-corrected chi connectivity index (χ3v) is 6.10. The van der Waals surface area contributed by atoms with Crippen LogP contribution in [0.5, 0.6) is 0 Å². The number of fused-ring (bicyclic) bond motifs is 1. The lowest BCUT2D eigenvalue weighted by Gasteiger charge is -2.33. The molecule has 0 unspecified atom stereocenters. The van der Waals surface area contributed by atoms with E-state index in [2.05, 4.69) is 5.32 Å². The minimum atomic E-state index is -0.848. The molecule has 0 spiro atoms. The molecule has 0 radical (unpaired) electrons. The first-order chi connectivity index (χ1) is 16.3. The second-order valence-electron chi connectivity index (χ2n) is 10.4. The maximum Gasteiger partial charge on any atom is 0.422 e. The van der Waals surface area contributed by atoms with E-state index in [-0.39, 0.29) is 22.3 Å². The van der Waals surface area contributed by atoms with Gasteiger partial charge in [0.15, 0.2) is 0 Å². The Kier molecular flexibility index (Phi) is 6.32.